The van der Waals surface area contributed by atoms with Crippen molar-refractivity contribution in [2.45, 2.75) is 0 Å². The molecule has 0 amide bonds. The number of halogens is 1. The van der Waals surface area contributed by atoms with Crippen molar-refractivity contribution in [1.29, 1.82) is 0 Å². The van der Waals surface area contributed by atoms with Crippen LogP contribution in [0.2, 0.25) is 0 Å². The molecule has 2 heterocycles. The summed E-state index contributed by atoms with van der Waals surface area (Å²) in [5.41, 5.74) is 8.22. The van der Waals surface area contributed by atoms with Crippen LogP contribution >= 0.6 is 15.9 Å². The summed E-state index contributed by atoms with van der Waals surface area (Å²) in [7, 11) is 0. The molecule has 0 aliphatic carbocycles. The minimum atomic E-state index is 0.625. The van der Waals surface area contributed by atoms with Crippen LogP contribution < -0.4 is 11.1 Å². The highest BCUT2D eigenvalue weighted by atomic mass is 79.9. The molecular formula is C14H11BrN4. The van der Waals surface area contributed by atoms with Crippen molar-refractivity contribution in [3.8, 4) is 0 Å². The molecule has 2 aromatic heterocycles. The van der Waals surface area contributed by atoms with Crippen molar-refractivity contribution in [2.75, 3.05) is 11.1 Å². The van der Waals surface area contributed by atoms with Crippen LogP contribution in [0.3, 0.4) is 0 Å². The molecule has 0 unspecified atom stereocenters. The van der Waals surface area contributed by atoms with E-state index < -0.39 is 0 Å². The first-order chi connectivity index (χ1) is 9.22. The molecule has 0 aliphatic rings. The van der Waals surface area contributed by atoms with Crippen LogP contribution in [-0.2, 0) is 0 Å². The Labute approximate surface area is 118 Å². The maximum atomic E-state index is 5.67. The van der Waals surface area contributed by atoms with E-state index >= 15 is 0 Å². The van der Waals surface area contributed by atoms with Gasteiger partial charge in [0.25, 0.3) is 0 Å². The number of anilines is 3. The van der Waals surface area contributed by atoms with Gasteiger partial charge in [0.05, 0.1) is 21.9 Å². The van der Waals surface area contributed by atoms with Crippen LogP contribution in [0.5, 0.6) is 0 Å². The van der Waals surface area contributed by atoms with E-state index in [9.17, 15) is 0 Å². The quantitative estimate of drug-likeness (QED) is 0.756. The zero-order chi connectivity index (χ0) is 13.2. The molecule has 0 spiro atoms. The molecule has 3 aromatic rings. The predicted molar refractivity (Wildman–Crippen MR) is 81.4 cm³/mol. The van der Waals surface area contributed by atoms with E-state index in [0.717, 1.165) is 26.9 Å². The van der Waals surface area contributed by atoms with Gasteiger partial charge < -0.3 is 11.1 Å². The molecule has 0 saturated heterocycles. The van der Waals surface area contributed by atoms with E-state index in [1.54, 1.807) is 12.4 Å². The number of nitrogen functional groups attached to an aromatic ring is 1. The second-order valence-electron chi connectivity index (χ2n) is 4.13. The normalized spacial score (nSPS) is 10.6. The van der Waals surface area contributed by atoms with E-state index in [2.05, 4.69) is 31.2 Å². The monoisotopic (exact) mass is 314 g/mol. The van der Waals surface area contributed by atoms with Gasteiger partial charge in [-0.2, -0.15) is 0 Å². The molecule has 0 aliphatic heterocycles. The zero-order valence-electron chi connectivity index (χ0n) is 9.97. The zero-order valence-corrected chi connectivity index (χ0v) is 11.6. The molecule has 1 aromatic carbocycles. The number of aromatic nitrogens is 2. The number of nitrogens with zero attached hydrogens (tertiary/aromatic N) is 2. The van der Waals surface area contributed by atoms with Gasteiger partial charge in [-0.15, -0.1) is 0 Å². The summed E-state index contributed by atoms with van der Waals surface area (Å²) >= 11 is 3.44. The maximum absolute atomic E-state index is 5.67. The third kappa shape index (κ3) is 2.51. The van der Waals surface area contributed by atoms with E-state index in [0.29, 0.717) is 5.69 Å². The molecule has 0 bridgehead atoms. The van der Waals surface area contributed by atoms with E-state index in [4.69, 9.17) is 5.73 Å². The number of pyridine rings is 2. The number of benzene rings is 1. The molecule has 3 rings (SSSR count). The first-order valence-corrected chi connectivity index (χ1v) is 6.54. The Balaban J connectivity index is 1.96. The van der Waals surface area contributed by atoms with Gasteiger partial charge in [0.1, 0.15) is 5.82 Å². The van der Waals surface area contributed by atoms with Crippen molar-refractivity contribution >= 4 is 44.0 Å². The summed E-state index contributed by atoms with van der Waals surface area (Å²) < 4.78 is 0.832. The highest BCUT2D eigenvalue weighted by Crippen LogP contribution is 2.26. The minimum absolute atomic E-state index is 0.625. The van der Waals surface area contributed by atoms with Gasteiger partial charge in [0.2, 0.25) is 0 Å². The van der Waals surface area contributed by atoms with Gasteiger partial charge in [0.15, 0.2) is 0 Å². The number of fused-ring (bicyclic) bond motifs is 1. The van der Waals surface area contributed by atoms with Crippen LogP contribution in [0.4, 0.5) is 17.2 Å². The predicted octanol–water partition coefficient (Wildman–Crippen LogP) is 3.72. The van der Waals surface area contributed by atoms with Crippen LogP contribution in [0.1, 0.15) is 0 Å². The fourth-order valence-corrected chi connectivity index (χ4v) is 2.30. The van der Waals surface area contributed by atoms with E-state index in [1.165, 1.54) is 0 Å². The summed E-state index contributed by atoms with van der Waals surface area (Å²) in [5, 5.41) is 4.33. The molecule has 3 N–H and O–H groups in total. The average molecular weight is 315 g/mol. The summed E-state index contributed by atoms with van der Waals surface area (Å²) in [4.78, 5) is 8.54. The van der Waals surface area contributed by atoms with Crippen molar-refractivity contribution < 1.29 is 0 Å². The Morgan fingerprint density at radius 3 is 2.84 bits per heavy atom. The van der Waals surface area contributed by atoms with Crippen LogP contribution in [0, 0.1) is 0 Å². The molecule has 19 heavy (non-hydrogen) atoms. The molecule has 0 saturated carbocycles. The Kier molecular flexibility index (Phi) is 3.05. The second-order valence-corrected chi connectivity index (χ2v) is 4.99. The van der Waals surface area contributed by atoms with E-state index in [1.807, 2.05) is 36.4 Å². The number of hydrogen-bond donors (Lipinski definition) is 2. The molecular weight excluding hydrogens is 304 g/mol. The lowest BCUT2D eigenvalue weighted by atomic mass is 10.2. The largest absolute Gasteiger partial charge is 0.397 e. The first-order valence-electron chi connectivity index (χ1n) is 5.75. The molecule has 5 heteroatoms. The van der Waals surface area contributed by atoms with Crippen LogP contribution in [0.15, 0.2) is 53.3 Å². The third-order valence-electron chi connectivity index (χ3n) is 2.73. The first kappa shape index (κ1) is 11.9. The van der Waals surface area contributed by atoms with Gasteiger partial charge in [-0.25, -0.2) is 4.98 Å². The maximum Gasteiger partial charge on any atom is 0.144 e. The number of rotatable bonds is 2. The van der Waals surface area contributed by atoms with Crippen molar-refractivity contribution in [1.82, 2.24) is 9.97 Å². The van der Waals surface area contributed by atoms with Crippen LogP contribution in [-0.4, -0.2) is 9.97 Å². The van der Waals surface area contributed by atoms with Gasteiger partial charge in [-0.3, -0.25) is 4.98 Å². The smallest absolute Gasteiger partial charge is 0.144 e. The molecule has 0 fully saturated rings. The minimum Gasteiger partial charge on any atom is -0.397 e. The van der Waals surface area contributed by atoms with Gasteiger partial charge >= 0.3 is 0 Å². The Morgan fingerprint density at radius 2 is 2.00 bits per heavy atom. The Hall–Kier alpha value is -2.14. The molecule has 0 atom stereocenters. The van der Waals surface area contributed by atoms with Gasteiger partial charge in [-0.05, 0) is 46.3 Å². The lowest BCUT2D eigenvalue weighted by Gasteiger charge is -2.08. The third-order valence-corrected chi connectivity index (χ3v) is 3.33. The number of nitrogens with two attached hydrogens (primary N) is 1. The SMILES string of the molecule is Nc1cnc(Nc2ccc3ncccc3c2)c(Br)c1. The summed E-state index contributed by atoms with van der Waals surface area (Å²) in [6.07, 6.45) is 3.41. The number of nitrogens with one attached hydrogen (secondary N) is 1. The standard InChI is InChI=1S/C14H11BrN4/c15-12-7-10(16)8-18-14(12)19-11-3-4-13-9(6-11)2-1-5-17-13/h1-8H,16H2,(H,18,19). The van der Waals surface area contributed by atoms with E-state index in [-0.39, 0.29) is 0 Å². The highest BCUT2D eigenvalue weighted by Gasteiger charge is 2.03. The van der Waals surface area contributed by atoms with Crippen LogP contribution in [0.25, 0.3) is 10.9 Å². The molecule has 94 valence electrons. The van der Waals surface area contributed by atoms with Crippen molar-refractivity contribution in [3.63, 3.8) is 0 Å². The van der Waals surface area contributed by atoms with Gasteiger partial charge in [0, 0.05) is 17.3 Å². The Morgan fingerprint density at radius 1 is 1.11 bits per heavy atom. The highest BCUT2D eigenvalue weighted by molar-refractivity contribution is 9.10. The van der Waals surface area contributed by atoms with Gasteiger partial charge in [-0.1, -0.05) is 6.07 Å². The lowest BCUT2D eigenvalue weighted by molar-refractivity contribution is 1.29. The summed E-state index contributed by atoms with van der Waals surface area (Å²) in [5.74, 6) is 0.734. The Bertz CT molecular complexity index is 742. The molecule has 0 radical (unpaired) electrons. The van der Waals surface area contributed by atoms with Crippen molar-refractivity contribution in [2.24, 2.45) is 0 Å². The summed E-state index contributed by atoms with van der Waals surface area (Å²) in [6.45, 7) is 0. The average Bonchev–Trinajstić information content (AvgIpc) is 2.42. The molecule has 4 nitrogen and oxygen atoms in total. The second kappa shape index (κ2) is 4.85. The fourth-order valence-electron chi connectivity index (χ4n) is 1.83. The summed E-state index contributed by atoms with van der Waals surface area (Å²) in [6, 6.07) is 11.7. The number of hydrogen-bond acceptors (Lipinski definition) is 4. The lowest BCUT2D eigenvalue weighted by Crippen LogP contribution is -1.96. The topological polar surface area (TPSA) is 63.8 Å². The fraction of sp³-hybridized carbons (Fsp3) is 0. The van der Waals surface area contributed by atoms with Crippen molar-refractivity contribution in [3.05, 3.63) is 53.3 Å².